The summed E-state index contributed by atoms with van der Waals surface area (Å²) in [6, 6.07) is 15.6. The highest BCUT2D eigenvalue weighted by molar-refractivity contribution is 14.0. The van der Waals surface area contributed by atoms with Gasteiger partial charge in [-0.25, -0.2) is 0 Å². The highest BCUT2D eigenvalue weighted by Gasteiger charge is 2.03. The Balaban J connectivity index is 0.00000288. The van der Waals surface area contributed by atoms with Crippen LogP contribution in [-0.2, 0) is 13.1 Å². The van der Waals surface area contributed by atoms with Crippen molar-refractivity contribution in [2.24, 2.45) is 10.7 Å². The third-order valence-electron chi connectivity index (χ3n) is 3.44. The van der Waals surface area contributed by atoms with Gasteiger partial charge in [0.2, 0.25) is 5.91 Å². The number of nitrogens with two attached hydrogens (primary N) is 1. The van der Waals surface area contributed by atoms with Crippen molar-refractivity contribution in [2.45, 2.75) is 20.0 Å². The van der Waals surface area contributed by atoms with E-state index in [1.165, 1.54) is 11.1 Å². The van der Waals surface area contributed by atoms with E-state index in [9.17, 15) is 4.79 Å². The van der Waals surface area contributed by atoms with E-state index in [1.807, 2.05) is 18.2 Å². The number of hydrogen-bond donors (Lipinski definition) is 3. The number of nitrogens with zero attached hydrogens (tertiary/aromatic N) is 1. The van der Waals surface area contributed by atoms with E-state index in [0.717, 1.165) is 5.56 Å². The first-order chi connectivity index (χ1) is 11.1. The number of benzene rings is 2. The second kappa shape index (κ2) is 9.92. The molecule has 0 saturated heterocycles. The minimum Gasteiger partial charge on any atom is -0.366 e. The van der Waals surface area contributed by atoms with Crippen molar-refractivity contribution in [1.29, 1.82) is 0 Å². The number of hydrogen-bond acceptors (Lipinski definition) is 2. The maximum absolute atomic E-state index is 11.2. The van der Waals surface area contributed by atoms with Crippen molar-refractivity contribution in [2.75, 3.05) is 7.05 Å². The van der Waals surface area contributed by atoms with E-state index in [2.05, 4.69) is 40.7 Å². The maximum atomic E-state index is 11.2. The number of rotatable bonds is 5. The summed E-state index contributed by atoms with van der Waals surface area (Å²) < 4.78 is 0. The molecule has 1 amide bonds. The van der Waals surface area contributed by atoms with Crippen molar-refractivity contribution in [3.63, 3.8) is 0 Å². The van der Waals surface area contributed by atoms with Gasteiger partial charge in [-0.1, -0.05) is 42.0 Å². The van der Waals surface area contributed by atoms with E-state index >= 15 is 0 Å². The number of amides is 1. The van der Waals surface area contributed by atoms with Gasteiger partial charge in [0.1, 0.15) is 0 Å². The average molecular weight is 438 g/mol. The molecule has 0 aliphatic rings. The normalized spacial score (nSPS) is 10.7. The van der Waals surface area contributed by atoms with Gasteiger partial charge in [0.05, 0.1) is 0 Å². The molecule has 0 atom stereocenters. The molecule has 0 aliphatic carbocycles. The molecule has 6 heteroatoms. The predicted octanol–water partition coefficient (Wildman–Crippen LogP) is 2.58. The number of primary amides is 1. The highest BCUT2D eigenvalue weighted by atomic mass is 127. The molecule has 0 fully saturated rings. The van der Waals surface area contributed by atoms with Crippen molar-refractivity contribution < 1.29 is 4.79 Å². The molecule has 2 aromatic carbocycles. The minimum absolute atomic E-state index is 0. The summed E-state index contributed by atoms with van der Waals surface area (Å²) in [6.45, 7) is 3.33. The standard InChI is InChI=1S/C18H22N4O.HI/c1-13-5-3-6-14(9-13)11-21-18(20-2)22-12-15-7-4-8-16(10-15)17(19)23;/h3-10H,11-12H2,1-2H3,(H2,19,23)(H2,20,21,22);1H. The number of aryl methyl sites for hydroxylation is 1. The topological polar surface area (TPSA) is 79.5 Å². The molecule has 0 aromatic heterocycles. The second-order valence-corrected chi connectivity index (χ2v) is 5.33. The smallest absolute Gasteiger partial charge is 0.248 e. The molecule has 4 N–H and O–H groups in total. The largest absolute Gasteiger partial charge is 0.366 e. The van der Waals surface area contributed by atoms with E-state index in [1.54, 1.807) is 19.2 Å². The number of nitrogens with one attached hydrogen (secondary N) is 2. The van der Waals surface area contributed by atoms with Gasteiger partial charge in [-0.15, -0.1) is 24.0 Å². The molecule has 0 aliphatic heterocycles. The summed E-state index contributed by atoms with van der Waals surface area (Å²) in [7, 11) is 1.73. The van der Waals surface area contributed by atoms with E-state index < -0.39 is 5.91 Å². The molecular formula is C18H23IN4O. The molecule has 128 valence electrons. The Morgan fingerprint density at radius 2 is 1.62 bits per heavy atom. The van der Waals surface area contributed by atoms with Gasteiger partial charge in [-0.3, -0.25) is 9.79 Å². The van der Waals surface area contributed by atoms with Gasteiger partial charge in [-0.2, -0.15) is 0 Å². The fourth-order valence-electron chi connectivity index (χ4n) is 2.25. The minimum atomic E-state index is -0.422. The number of carbonyl (C=O) groups excluding carboxylic acids is 1. The SMILES string of the molecule is CN=C(NCc1cccc(C)c1)NCc1cccc(C(N)=O)c1.I. The molecule has 0 unspecified atom stereocenters. The lowest BCUT2D eigenvalue weighted by Crippen LogP contribution is -2.36. The molecule has 2 rings (SSSR count). The number of aliphatic imine (C=N–C) groups is 1. The van der Waals surface area contributed by atoms with Crippen LogP contribution in [0.5, 0.6) is 0 Å². The van der Waals surface area contributed by atoms with Gasteiger partial charge >= 0.3 is 0 Å². The van der Waals surface area contributed by atoms with Crippen molar-refractivity contribution in [3.8, 4) is 0 Å². The summed E-state index contributed by atoms with van der Waals surface area (Å²) >= 11 is 0. The molecule has 0 radical (unpaired) electrons. The molecule has 24 heavy (non-hydrogen) atoms. The van der Waals surface area contributed by atoms with Crippen LogP contribution in [0.4, 0.5) is 0 Å². The lowest BCUT2D eigenvalue weighted by molar-refractivity contribution is 0.1000. The van der Waals surface area contributed by atoms with Gasteiger partial charge in [-0.05, 0) is 30.2 Å². The Morgan fingerprint density at radius 1 is 1.04 bits per heavy atom. The van der Waals surface area contributed by atoms with Crippen LogP contribution in [-0.4, -0.2) is 18.9 Å². The average Bonchev–Trinajstić information content (AvgIpc) is 2.55. The first-order valence-electron chi connectivity index (χ1n) is 7.47. The van der Waals surface area contributed by atoms with E-state index in [-0.39, 0.29) is 24.0 Å². The predicted molar refractivity (Wildman–Crippen MR) is 109 cm³/mol. The van der Waals surface area contributed by atoms with Gasteiger partial charge in [0.25, 0.3) is 0 Å². The highest BCUT2D eigenvalue weighted by Crippen LogP contribution is 2.05. The van der Waals surface area contributed by atoms with Crippen LogP contribution in [0.1, 0.15) is 27.0 Å². The molecular weight excluding hydrogens is 415 g/mol. The Kier molecular flexibility index (Phi) is 8.25. The number of carbonyl (C=O) groups is 1. The Labute approximate surface area is 159 Å². The van der Waals surface area contributed by atoms with Crippen LogP contribution in [0.25, 0.3) is 0 Å². The van der Waals surface area contributed by atoms with Crippen LogP contribution in [0.15, 0.2) is 53.5 Å². The van der Waals surface area contributed by atoms with Crippen LogP contribution in [0.3, 0.4) is 0 Å². The lowest BCUT2D eigenvalue weighted by atomic mass is 10.1. The third-order valence-corrected chi connectivity index (χ3v) is 3.44. The van der Waals surface area contributed by atoms with Crippen LogP contribution in [0, 0.1) is 6.92 Å². The van der Waals surface area contributed by atoms with Crippen molar-refractivity contribution in [3.05, 3.63) is 70.8 Å². The Bertz CT molecular complexity index is 716. The van der Waals surface area contributed by atoms with Crippen LogP contribution in [0.2, 0.25) is 0 Å². The van der Waals surface area contributed by atoms with Crippen LogP contribution >= 0.6 is 24.0 Å². The third kappa shape index (κ3) is 6.19. The molecule has 2 aromatic rings. The van der Waals surface area contributed by atoms with Crippen molar-refractivity contribution in [1.82, 2.24) is 10.6 Å². The molecule has 0 saturated carbocycles. The Hall–Kier alpha value is -2.09. The molecule has 0 bridgehead atoms. The van der Waals surface area contributed by atoms with Gasteiger partial charge in [0.15, 0.2) is 5.96 Å². The summed E-state index contributed by atoms with van der Waals surface area (Å²) in [5.74, 6) is 0.282. The Morgan fingerprint density at radius 3 is 2.17 bits per heavy atom. The lowest BCUT2D eigenvalue weighted by Gasteiger charge is -2.12. The fourth-order valence-corrected chi connectivity index (χ4v) is 2.25. The molecule has 5 nitrogen and oxygen atoms in total. The maximum Gasteiger partial charge on any atom is 0.248 e. The monoisotopic (exact) mass is 438 g/mol. The summed E-state index contributed by atoms with van der Waals surface area (Å²) in [5.41, 5.74) is 9.20. The van der Waals surface area contributed by atoms with Crippen LogP contribution < -0.4 is 16.4 Å². The zero-order chi connectivity index (χ0) is 16.7. The fraction of sp³-hybridized carbons (Fsp3) is 0.222. The second-order valence-electron chi connectivity index (χ2n) is 5.33. The van der Waals surface area contributed by atoms with Gasteiger partial charge < -0.3 is 16.4 Å². The van der Waals surface area contributed by atoms with Gasteiger partial charge in [0, 0.05) is 25.7 Å². The summed E-state index contributed by atoms with van der Waals surface area (Å²) in [6.07, 6.45) is 0. The quantitative estimate of drug-likeness (QED) is 0.382. The molecule has 0 spiro atoms. The zero-order valence-electron chi connectivity index (χ0n) is 13.9. The summed E-state index contributed by atoms with van der Waals surface area (Å²) in [5, 5.41) is 6.49. The summed E-state index contributed by atoms with van der Waals surface area (Å²) in [4.78, 5) is 15.4. The number of guanidine groups is 1. The van der Waals surface area contributed by atoms with E-state index in [0.29, 0.717) is 24.6 Å². The first kappa shape index (κ1) is 20.0. The van der Waals surface area contributed by atoms with Crippen molar-refractivity contribution >= 4 is 35.8 Å². The van der Waals surface area contributed by atoms with E-state index in [4.69, 9.17) is 5.73 Å². The number of halogens is 1. The molecule has 0 heterocycles. The first-order valence-corrected chi connectivity index (χ1v) is 7.47. The zero-order valence-corrected chi connectivity index (χ0v) is 16.2.